The molecular weight excluding hydrogens is 408 g/mol. The first-order valence-corrected chi connectivity index (χ1v) is 10.4. The maximum absolute atomic E-state index is 13.5. The summed E-state index contributed by atoms with van der Waals surface area (Å²) in [4.78, 5) is 17.9. The normalized spacial score (nSPS) is 19.7. The van der Waals surface area contributed by atoms with Crippen molar-refractivity contribution in [1.29, 1.82) is 0 Å². The van der Waals surface area contributed by atoms with Crippen molar-refractivity contribution in [3.8, 4) is 17.2 Å². The molecular formula is C24H24N4O4. The minimum Gasteiger partial charge on any atom is -0.497 e. The third-order valence-electron chi connectivity index (χ3n) is 6.17. The van der Waals surface area contributed by atoms with Crippen molar-refractivity contribution < 1.29 is 19.0 Å². The molecule has 0 unspecified atom stereocenters. The topological polar surface area (TPSA) is 87.5 Å². The Morgan fingerprint density at radius 3 is 2.41 bits per heavy atom. The van der Waals surface area contributed by atoms with Gasteiger partial charge < -0.3 is 19.5 Å². The van der Waals surface area contributed by atoms with Crippen molar-refractivity contribution in [2.24, 2.45) is 0 Å². The van der Waals surface area contributed by atoms with Gasteiger partial charge in [-0.15, -0.1) is 0 Å². The number of allylic oxidation sites excluding steroid dienone is 2. The predicted molar refractivity (Wildman–Crippen MR) is 118 cm³/mol. The van der Waals surface area contributed by atoms with Crippen LogP contribution < -0.4 is 19.5 Å². The van der Waals surface area contributed by atoms with Gasteiger partial charge in [0.1, 0.15) is 18.1 Å². The first-order valence-electron chi connectivity index (χ1n) is 10.4. The molecule has 8 heteroatoms. The summed E-state index contributed by atoms with van der Waals surface area (Å²) in [6, 6.07) is 13.2. The Bertz CT molecular complexity index is 1200. The molecule has 2 atom stereocenters. The third-order valence-corrected chi connectivity index (χ3v) is 6.17. The summed E-state index contributed by atoms with van der Waals surface area (Å²) < 4.78 is 17.9. The monoisotopic (exact) mass is 432 g/mol. The van der Waals surface area contributed by atoms with Crippen molar-refractivity contribution >= 4 is 11.7 Å². The molecule has 1 N–H and O–H groups in total. The number of aromatic nitrogens is 3. The summed E-state index contributed by atoms with van der Waals surface area (Å²) in [5.41, 5.74) is 3.63. The number of methoxy groups -OCH3 is 3. The van der Waals surface area contributed by atoms with Gasteiger partial charge in [0.15, 0.2) is 17.3 Å². The van der Waals surface area contributed by atoms with E-state index in [1.54, 1.807) is 26.0 Å². The molecule has 164 valence electrons. The molecule has 5 rings (SSSR count). The number of carbonyl (C=O) groups is 1. The number of ether oxygens (including phenoxy) is 3. The lowest BCUT2D eigenvalue weighted by atomic mass is 9.78. The average Bonchev–Trinajstić information content (AvgIpc) is 3.30. The van der Waals surface area contributed by atoms with Gasteiger partial charge in [0, 0.05) is 17.7 Å². The molecule has 0 radical (unpaired) electrons. The van der Waals surface area contributed by atoms with E-state index in [-0.39, 0.29) is 17.7 Å². The van der Waals surface area contributed by atoms with E-state index >= 15 is 0 Å². The van der Waals surface area contributed by atoms with Gasteiger partial charge in [-0.25, -0.2) is 4.68 Å². The maximum atomic E-state index is 13.5. The largest absolute Gasteiger partial charge is 0.497 e. The number of fused-ring (bicyclic) bond motifs is 1. The molecule has 1 aliphatic carbocycles. The summed E-state index contributed by atoms with van der Waals surface area (Å²) in [5, 5.41) is 7.75. The van der Waals surface area contributed by atoms with Gasteiger partial charge in [0.25, 0.3) is 0 Å². The van der Waals surface area contributed by atoms with Crippen LogP contribution in [0.4, 0.5) is 5.95 Å². The standard InChI is InChI=1S/C24H24N4O4/c1-30-17-7-4-14(5-8-17)23-22-18(27-24-25-13-26-28(23)24)10-16(11-19(22)29)15-6-9-20(31-2)21(12-15)32-3/h4-9,12-13,16,23H,10-11H2,1-3H3,(H,25,26,27)/t16-,23+/m0/s1. The SMILES string of the molecule is COc1ccc([C@@H]2C3=C(C[C@H](c4ccc(OC)c(OC)c4)CC3=O)Nc3ncnn32)cc1. The highest BCUT2D eigenvalue weighted by Gasteiger charge is 2.39. The fourth-order valence-electron chi connectivity index (χ4n) is 4.59. The number of carbonyl (C=O) groups excluding carboxylic acids is 1. The van der Waals surface area contributed by atoms with Crippen LogP contribution in [0.5, 0.6) is 17.2 Å². The highest BCUT2D eigenvalue weighted by atomic mass is 16.5. The lowest BCUT2D eigenvalue weighted by Crippen LogP contribution is -2.33. The molecule has 32 heavy (non-hydrogen) atoms. The fourth-order valence-corrected chi connectivity index (χ4v) is 4.59. The minimum absolute atomic E-state index is 0.0274. The molecule has 1 aliphatic heterocycles. The average molecular weight is 432 g/mol. The molecule has 0 fully saturated rings. The van der Waals surface area contributed by atoms with Crippen LogP contribution in [0.1, 0.15) is 35.9 Å². The first kappa shape index (κ1) is 20.1. The van der Waals surface area contributed by atoms with E-state index in [9.17, 15) is 4.79 Å². The highest BCUT2D eigenvalue weighted by molar-refractivity contribution is 6.00. The highest BCUT2D eigenvalue weighted by Crippen LogP contribution is 2.45. The van der Waals surface area contributed by atoms with E-state index in [0.717, 1.165) is 28.1 Å². The molecule has 2 aromatic carbocycles. The van der Waals surface area contributed by atoms with Crippen LogP contribution in [0, 0.1) is 0 Å². The van der Waals surface area contributed by atoms with Crippen LogP contribution in [0.3, 0.4) is 0 Å². The number of anilines is 1. The zero-order chi connectivity index (χ0) is 22.2. The minimum atomic E-state index is -0.325. The van der Waals surface area contributed by atoms with Crippen LogP contribution in [-0.4, -0.2) is 41.9 Å². The van der Waals surface area contributed by atoms with E-state index in [1.807, 2.05) is 42.5 Å². The van der Waals surface area contributed by atoms with Crippen LogP contribution in [-0.2, 0) is 4.79 Å². The Hall–Kier alpha value is -3.81. The third kappa shape index (κ3) is 3.28. The first-order chi connectivity index (χ1) is 15.6. The van der Waals surface area contributed by atoms with Crippen LogP contribution in [0.2, 0.25) is 0 Å². The fraction of sp³-hybridized carbons (Fsp3) is 0.292. The van der Waals surface area contributed by atoms with E-state index in [1.165, 1.54) is 6.33 Å². The van der Waals surface area contributed by atoms with Gasteiger partial charge in [0.2, 0.25) is 5.95 Å². The number of nitrogens with one attached hydrogen (secondary N) is 1. The van der Waals surface area contributed by atoms with Crippen molar-refractivity contribution in [2.45, 2.75) is 24.8 Å². The van der Waals surface area contributed by atoms with Gasteiger partial charge in [-0.2, -0.15) is 10.1 Å². The van der Waals surface area contributed by atoms with Crippen molar-refractivity contribution in [3.63, 3.8) is 0 Å². The Labute approximate surface area is 185 Å². The predicted octanol–water partition coefficient (Wildman–Crippen LogP) is 3.72. The number of nitrogens with zero attached hydrogens (tertiary/aromatic N) is 3. The van der Waals surface area contributed by atoms with Gasteiger partial charge in [0.05, 0.1) is 21.3 Å². The Morgan fingerprint density at radius 2 is 1.69 bits per heavy atom. The van der Waals surface area contributed by atoms with Gasteiger partial charge in [-0.1, -0.05) is 18.2 Å². The molecule has 2 heterocycles. The van der Waals surface area contributed by atoms with Crippen LogP contribution in [0.15, 0.2) is 60.1 Å². The molecule has 0 saturated heterocycles. The number of ketones is 1. The second kappa shape index (κ2) is 8.03. The number of rotatable bonds is 5. The van der Waals surface area contributed by atoms with Crippen molar-refractivity contribution in [3.05, 3.63) is 71.2 Å². The van der Waals surface area contributed by atoms with Crippen molar-refractivity contribution in [1.82, 2.24) is 14.8 Å². The van der Waals surface area contributed by atoms with E-state index in [2.05, 4.69) is 15.4 Å². The number of hydrogen-bond acceptors (Lipinski definition) is 7. The summed E-state index contributed by atoms with van der Waals surface area (Å²) in [6.45, 7) is 0. The molecule has 3 aromatic rings. The Morgan fingerprint density at radius 1 is 0.938 bits per heavy atom. The lowest BCUT2D eigenvalue weighted by Gasteiger charge is -2.35. The molecule has 0 spiro atoms. The van der Waals surface area contributed by atoms with Crippen molar-refractivity contribution in [2.75, 3.05) is 26.6 Å². The summed E-state index contributed by atoms with van der Waals surface area (Å²) >= 11 is 0. The van der Waals surface area contributed by atoms with E-state index < -0.39 is 0 Å². The van der Waals surface area contributed by atoms with Crippen LogP contribution in [0.25, 0.3) is 0 Å². The number of Topliss-reactive ketones (excluding diaryl/α,β-unsaturated/α-hetero) is 1. The quantitative estimate of drug-likeness (QED) is 0.657. The van der Waals surface area contributed by atoms with Gasteiger partial charge in [-0.05, 0) is 47.7 Å². The Kier molecular flexibility index (Phi) is 5.05. The van der Waals surface area contributed by atoms with E-state index in [4.69, 9.17) is 14.2 Å². The second-order valence-corrected chi connectivity index (χ2v) is 7.86. The number of hydrogen-bond donors (Lipinski definition) is 1. The molecule has 0 bridgehead atoms. The smallest absolute Gasteiger partial charge is 0.226 e. The zero-order valence-corrected chi connectivity index (χ0v) is 18.2. The summed E-state index contributed by atoms with van der Waals surface area (Å²) in [5.74, 6) is 2.84. The molecule has 8 nitrogen and oxygen atoms in total. The maximum Gasteiger partial charge on any atom is 0.226 e. The number of benzene rings is 2. The van der Waals surface area contributed by atoms with Gasteiger partial charge in [-0.3, -0.25) is 4.79 Å². The zero-order valence-electron chi connectivity index (χ0n) is 18.2. The summed E-state index contributed by atoms with van der Waals surface area (Å²) in [6.07, 6.45) is 2.61. The summed E-state index contributed by atoms with van der Waals surface area (Å²) in [7, 11) is 4.86. The molecule has 0 saturated carbocycles. The molecule has 1 aromatic heterocycles. The molecule has 0 amide bonds. The van der Waals surface area contributed by atoms with E-state index in [0.29, 0.717) is 30.3 Å². The second-order valence-electron chi connectivity index (χ2n) is 7.86. The molecule has 2 aliphatic rings. The van der Waals surface area contributed by atoms with Crippen LogP contribution >= 0.6 is 0 Å². The van der Waals surface area contributed by atoms with Gasteiger partial charge >= 0.3 is 0 Å². The lowest BCUT2D eigenvalue weighted by molar-refractivity contribution is -0.116. The Balaban J connectivity index is 1.54.